The van der Waals surface area contributed by atoms with Crippen molar-refractivity contribution in [3.8, 4) is 0 Å². The predicted molar refractivity (Wildman–Crippen MR) is 73.1 cm³/mol. The molecule has 0 radical (unpaired) electrons. The van der Waals surface area contributed by atoms with Crippen molar-refractivity contribution in [3.63, 3.8) is 0 Å². The lowest BCUT2D eigenvalue weighted by Gasteiger charge is -2.30. The molecule has 1 aliphatic rings. The molecule has 19 heavy (non-hydrogen) atoms. The van der Waals surface area contributed by atoms with E-state index >= 15 is 0 Å². The quantitative estimate of drug-likeness (QED) is 0.839. The summed E-state index contributed by atoms with van der Waals surface area (Å²) in [6.45, 7) is 4.61. The van der Waals surface area contributed by atoms with Crippen molar-refractivity contribution in [1.29, 1.82) is 0 Å². The van der Waals surface area contributed by atoms with Gasteiger partial charge in [-0.3, -0.25) is 0 Å². The zero-order chi connectivity index (χ0) is 14.0. The Kier molecular flexibility index (Phi) is 4.27. The molecule has 0 spiro atoms. The number of rotatable bonds is 5. The van der Waals surface area contributed by atoms with Crippen LogP contribution in [0.25, 0.3) is 0 Å². The standard InChI is InChI=1S/C12H22N4O2S/c1-3-16(11-6-4-5-10(11)7-13)19(17,18)12-8-14-9(2)15-12/h8,10-11H,3-7,13H2,1-2H3,(H,14,15). The number of nitrogens with zero attached hydrogens (tertiary/aromatic N) is 2. The SMILES string of the molecule is CCN(C1CCCC1CN)S(=O)(=O)c1cnc(C)[nH]1. The van der Waals surface area contributed by atoms with E-state index in [4.69, 9.17) is 5.73 Å². The fourth-order valence-corrected chi connectivity index (χ4v) is 4.60. The predicted octanol–water partition coefficient (Wildman–Crippen LogP) is 0.856. The molecule has 0 aromatic carbocycles. The molecule has 1 aromatic rings. The number of hydrogen-bond donors (Lipinski definition) is 2. The van der Waals surface area contributed by atoms with Crippen LogP contribution in [0.1, 0.15) is 32.0 Å². The van der Waals surface area contributed by atoms with E-state index in [-0.39, 0.29) is 17.0 Å². The Balaban J connectivity index is 2.31. The molecule has 0 saturated heterocycles. The van der Waals surface area contributed by atoms with Crippen molar-refractivity contribution in [3.05, 3.63) is 12.0 Å². The van der Waals surface area contributed by atoms with Gasteiger partial charge >= 0.3 is 0 Å². The topological polar surface area (TPSA) is 92.1 Å². The average Bonchev–Trinajstić information content (AvgIpc) is 2.98. The molecule has 2 unspecified atom stereocenters. The van der Waals surface area contributed by atoms with Crippen LogP contribution in [-0.2, 0) is 10.0 Å². The van der Waals surface area contributed by atoms with Gasteiger partial charge in [-0.2, -0.15) is 4.31 Å². The second-order valence-electron chi connectivity index (χ2n) is 5.04. The second-order valence-corrected chi connectivity index (χ2v) is 6.89. The van der Waals surface area contributed by atoms with Gasteiger partial charge in [0.1, 0.15) is 5.82 Å². The van der Waals surface area contributed by atoms with E-state index < -0.39 is 10.0 Å². The van der Waals surface area contributed by atoms with Crippen molar-refractivity contribution in [1.82, 2.24) is 14.3 Å². The molecule has 1 aliphatic carbocycles. The van der Waals surface area contributed by atoms with Crippen LogP contribution in [-0.4, -0.2) is 41.8 Å². The Labute approximate surface area is 114 Å². The average molecular weight is 286 g/mol. The summed E-state index contributed by atoms with van der Waals surface area (Å²) in [5.41, 5.74) is 5.76. The molecule has 0 aliphatic heterocycles. The molecule has 0 bridgehead atoms. The van der Waals surface area contributed by atoms with Gasteiger partial charge < -0.3 is 10.7 Å². The molecule has 3 N–H and O–H groups in total. The van der Waals surface area contributed by atoms with Gasteiger partial charge in [-0.05, 0) is 32.2 Å². The zero-order valence-electron chi connectivity index (χ0n) is 11.5. The van der Waals surface area contributed by atoms with E-state index in [0.717, 1.165) is 19.3 Å². The van der Waals surface area contributed by atoms with Crippen LogP contribution < -0.4 is 5.73 Å². The number of H-pyrrole nitrogens is 1. The highest BCUT2D eigenvalue weighted by molar-refractivity contribution is 7.89. The van der Waals surface area contributed by atoms with Crippen LogP contribution in [0.15, 0.2) is 11.2 Å². The minimum absolute atomic E-state index is 0.0172. The van der Waals surface area contributed by atoms with Crippen LogP contribution in [0, 0.1) is 12.8 Å². The van der Waals surface area contributed by atoms with E-state index in [0.29, 0.717) is 18.9 Å². The van der Waals surface area contributed by atoms with Crippen LogP contribution >= 0.6 is 0 Å². The lowest BCUT2D eigenvalue weighted by atomic mass is 10.0. The molecule has 2 atom stereocenters. The second kappa shape index (κ2) is 5.60. The maximum atomic E-state index is 12.6. The molecule has 1 saturated carbocycles. The summed E-state index contributed by atoms with van der Waals surface area (Å²) in [6.07, 6.45) is 4.33. The maximum absolute atomic E-state index is 12.6. The highest BCUT2D eigenvalue weighted by atomic mass is 32.2. The molecule has 0 amide bonds. The third kappa shape index (κ3) is 2.68. The number of nitrogens with one attached hydrogen (secondary N) is 1. The number of sulfonamides is 1. The molecule has 2 rings (SSSR count). The third-order valence-electron chi connectivity index (χ3n) is 3.87. The fourth-order valence-electron chi connectivity index (χ4n) is 2.91. The van der Waals surface area contributed by atoms with E-state index in [1.54, 1.807) is 11.2 Å². The van der Waals surface area contributed by atoms with Gasteiger partial charge in [0.25, 0.3) is 10.0 Å². The summed E-state index contributed by atoms with van der Waals surface area (Å²) < 4.78 is 26.9. The summed E-state index contributed by atoms with van der Waals surface area (Å²) in [7, 11) is -3.50. The van der Waals surface area contributed by atoms with Crippen molar-refractivity contribution in [2.24, 2.45) is 11.7 Å². The van der Waals surface area contributed by atoms with Crippen LogP contribution in [0.5, 0.6) is 0 Å². The highest BCUT2D eigenvalue weighted by Crippen LogP contribution is 2.32. The molecule has 108 valence electrons. The number of nitrogens with two attached hydrogens (primary N) is 1. The molecule has 7 heteroatoms. The first-order valence-electron chi connectivity index (χ1n) is 6.74. The van der Waals surface area contributed by atoms with Gasteiger partial charge in [0.05, 0.1) is 6.20 Å². The molecule has 6 nitrogen and oxygen atoms in total. The first-order valence-corrected chi connectivity index (χ1v) is 8.18. The smallest absolute Gasteiger partial charge is 0.260 e. The molecule has 1 aromatic heterocycles. The van der Waals surface area contributed by atoms with Crippen molar-refractivity contribution in [2.45, 2.75) is 44.2 Å². The molecular weight excluding hydrogens is 264 g/mol. The van der Waals surface area contributed by atoms with E-state index in [9.17, 15) is 8.42 Å². The fraction of sp³-hybridized carbons (Fsp3) is 0.750. The molecule has 1 fully saturated rings. The van der Waals surface area contributed by atoms with Crippen molar-refractivity contribution >= 4 is 10.0 Å². The Morgan fingerprint density at radius 3 is 2.79 bits per heavy atom. The Bertz CT molecular complexity index is 526. The van der Waals surface area contributed by atoms with Gasteiger partial charge in [-0.25, -0.2) is 13.4 Å². The van der Waals surface area contributed by atoms with Crippen LogP contribution in [0.3, 0.4) is 0 Å². The molecule has 1 heterocycles. The van der Waals surface area contributed by atoms with Gasteiger partial charge in [0.15, 0.2) is 5.03 Å². The summed E-state index contributed by atoms with van der Waals surface area (Å²) in [4.78, 5) is 6.79. The summed E-state index contributed by atoms with van der Waals surface area (Å²) in [5, 5.41) is 0.175. The van der Waals surface area contributed by atoms with Crippen LogP contribution in [0.4, 0.5) is 0 Å². The Hall–Kier alpha value is -0.920. The van der Waals surface area contributed by atoms with Gasteiger partial charge in [0, 0.05) is 12.6 Å². The first-order chi connectivity index (χ1) is 9.00. The summed E-state index contributed by atoms with van der Waals surface area (Å²) >= 11 is 0. The van der Waals surface area contributed by atoms with Crippen molar-refractivity contribution in [2.75, 3.05) is 13.1 Å². The van der Waals surface area contributed by atoms with Gasteiger partial charge in [-0.15, -0.1) is 0 Å². The number of aromatic amines is 1. The first kappa shape index (κ1) is 14.5. The lowest BCUT2D eigenvalue weighted by molar-refractivity contribution is 0.275. The third-order valence-corrected chi connectivity index (χ3v) is 5.78. The normalized spacial score (nSPS) is 24.2. The number of aryl methyl sites for hydroxylation is 1. The highest BCUT2D eigenvalue weighted by Gasteiger charge is 2.38. The van der Waals surface area contributed by atoms with Crippen molar-refractivity contribution < 1.29 is 8.42 Å². The Morgan fingerprint density at radius 2 is 2.26 bits per heavy atom. The number of aromatic nitrogens is 2. The largest absolute Gasteiger partial charge is 0.332 e. The number of hydrogen-bond acceptors (Lipinski definition) is 4. The minimum Gasteiger partial charge on any atom is -0.332 e. The van der Waals surface area contributed by atoms with Crippen LogP contribution in [0.2, 0.25) is 0 Å². The monoisotopic (exact) mass is 286 g/mol. The Morgan fingerprint density at radius 1 is 1.53 bits per heavy atom. The minimum atomic E-state index is -3.50. The van der Waals surface area contributed by atoms with E-state index in [1.807, 2.05) is 6.92 Å². The van der Waals surface area contributed by atoms with E-state index in [1.165, 1.54) is 6.20 Å². The zero-order valence-corrected chi connectivity index (χ0v) is 12.3. The lowest BCUT2D eigenvalue weighted by Crippen LogP contribution is -2.44. The number of imidazole rings is 1. The molecular formula is C12H22N4O2S. The van der Waals surface area contributed by atoms with Gasteiger partial charge in [-0.1, -0.05) is 13.3 Å². The van der Waals surface area contributed by atoms with Gasteiger partial charge in [0.2, 0.25) is 0 Å². The van der Waals surface area contributed by atoms with E-state index in [2.05, 4.69) is 9.97 Å². The summed E-state index contributed by atoms with van der Waals surface area (Å²) in [6, 6.07) is 0.0172. The summed E-state index contributed by atoms with van der Waals surface area (Å²) in [5.74, 6) is 0.871. The maximum Gasteiger partial charge on any atom is 0.260 e.